The minimum atomic E-state index is -3.07. The van der Waals surface area contributed by atoms with Gasteiger partial charge >= 0.3 is 0 Å². The summed E-state index contributed by atoms with van der Waals surface area (Å²) in [6, 6.07) is 64.5. The number of aryl methyl sites for hydroxylation is 1. The molecule has 5 heteroatoms. The summed E-state index contributed by atoms with van der Waals surface area (Å²) >= 11 is 0. The second kappa shape index (κ2) is 13.4. The number of para-hydroxylation sites is 2. The summed E-state index contributed by atoms with van der Waals surface area (Å²) in [5.41, 5.74) is 8.32. The van der Waals surface area contributed by atoms with Crippen molar-refractivity contribution >= 4 is 66.5 Å². The molecule has 10 rings (SSSR count). The average Bonchev–Trinajstić information content (AvgIpc) is 3.65. The lowest BCUT2D eigenvalue weighted by Crippen LogP contribution is -2.24. The van der Waals surface area contributed by atoms with E-state index in [1.807, 2.05) is 72.8 Å². The largest absolute Gasteiger partial charge is 0.309 e. The first-order valence-electron chi connectivity index (χ1n) is 18.7. The van der Waals surface area contributed by atoms with E-state index in [0.717, 1.165) is 99.7 Å². The van der Waals surface area contributed by atoms with Gasteiger partial charge in [-0.25, -0.2) is 9.97 Å². The smallest absolute Gasteiger partial charge is 0.171 e. The van der Waals surface area contributed by atoms with Gasteiger partial charge in [-0.2, -0.15) is 0 Å². The van der Waals surface area contributed by atoms with Crippen LogP contribution in [0.15, 0.2) is 188 Å². The van der Waals surface area contributed by atoms with Gasteiger partial charge in [0.15, 0.2) is 7.14 Å². The maximum atomic E-state index is 15.0. The van der Waals surface area contributed by atoms with Gasteiger partial charge in [0.05, 0.1) is 22.2 Å². The van der Waals surface area contributed by atoms with Crippen molar-refractivity contribution in [3.63, 3.8) is 0 Å². The summed E-state index contributed by atoms with van der Waals surface area (Å²) in [7, 11) is -3.07. The van der Waals surface area contributed by atoms with E-state index in [9.17, 15) is 0 Å². The Labute approximate surface area is 319 Å². The lowest BCUT2D eigenvalue weighted by atomic mass is 9.96. The molecule has 0 aliphatic heterocycles. The predicted molar refractivity (Wildman–Crippen MR) is 231 cm³/mol. The van der Waals surface area contributed by atoms with E-state index < -0.39 is 7.14 Å². The Balaban J connectivity index is 1.07. The molecule has 2 heterocycles. The molecule has 0 bridgehead atoms. The molecule has 0 fully saturated rings. The highest BCUT2D eigenvalue weighted by molar-refractivity contribution is 7.85. The first-order chi connectivity index (χ1) is 27.1. The van der Waals surface area contributed by atoms with Crippen LogP contribution in [0.1, 0.15) is 12.7 Å². The van der Waals surface area contributed by atoms with E-state index in [2.05, 4.69) is 127 Å². The monoisotopic (exact) mass is 725 g/mol. The van der Waals surface area contributed by atoms with Crippen LogP contribution >= 0.6 is 7.14 Å². The molecule has 55 heavy (non-hydrogen) atoms. The Morgan fingerprint density at radius 1 is 0.509 bits per heavy atom. The van der Waals surface area contributed by atoms with Gasteiger partial charge in [0.1, 0.15) is 5.82 Å². The van der Waals surface area contributed by atoms with Crippen molar-refractivity contribution in [1.82, 2.24) is 14.5 Å². The molecule has 0 spiro atoms. The third-order valence-electron chi connectivity index (χ3n) is 10.8. The zero-order valence-electron chi connectivity index (χ0n) is 30.3. The number of hydrogen-bond acceptors (Lipinski definition) is 3. The second-order valence-corrected chi connectivity index (χ2v) is 16.8. The van der Waals surface area contributed by atoms with Crippen molar-refractivity contribution in [1.29, 1.82) is 0 Å². The van der Waals surface area contributed by atoms with Crippen molar-refractivity contribution in [2.75, 3.05) is 0 Å². The molecule has 262 valence electrons. The fourth-order valence-electron chi connectivity index (χ4n) is 8.09. The third kappa shape index (κ3) is 5.49. The lowest BCUT2D eigenvalue weighted by molar-refractivity contribution is 0.592. The zero-order chi connectivity index (χ0) is 36.9. The van der Waals surface area contributed by atoms with Crippen LogP contribution in [0.5, 0.6) is 0 Å². The molecule has 0 saturated heterocycles. The summed E-state index contributed by atoms with van der Waals surface area (Å²) in [4.78, 5) is 10.6. The maximum Gasteiger partial charge on any atom is 0.171 e. The molecular weight excluding hydrogens is 690 g/mol. The van der Waals surface area contributed by atoms with Crippen LogP contribution < -0.4 is 15.9 Å². The molecule has 8 aromatic carbocycles. The van der Waals surface area contributed by atoms with E-state index in [1.54, 1.807) is 0 Å². The molecule has 0 aliphatic rings. The van der Waals surface area contributed by atoms with Crippen molar-refractivity contribution in [2.45, 2.75) is 13.3 Å². The molecule has 0 saturated carbocycles. The van der Waals surface area contributed by atoms with Gasteiger partial charge in [-0.1, -0.05) is 159 Å². The highest BCUT2D eigenvalue weighted by Crippen LogP contribution is 2.43. The molecule has 4 nitrogen and oxygen atoms in total. The van der Waals surface area contributed by atoms with E-state index >= 15 is 4.57 Å². The van der Waals surface area contributed by atoms with Crippen LogP contribution in [0.25, 0.3) is 71.6 Å². The van der Waals surface area contributed by atoms with Crippen LogP contribution in [-0.4, -0.2) is 14.5 Å². The highest BCUT2D eigenvalue weighted by Gasteiger charge is 2.29. The Morgan fingerprint density at radius 3 is 1.82 bits per heavy atom. The number of benzene rings is 8. The molecule has 2 aromatic heterocycles. The quantitative estimate of drug-likeness (QED) is 0.121. The van der Waals surface area contributed by atoms with Gasteiger partial charge in [-0.15, -0.1) is 0 Å². The predicted octanol–water partition coefficient (Wildman–Crippen LogP) is 11.4. The molecule has 0 radical (unpaired) electrons. The van der Waals surface area contributed by atoms with E-state index in [1.165, 1.54) is 0 Å². The van der Waals surface area contributed by atoms with E-state index in [4.69, 9.17) is 9.97 Å². The summed E-state index contributed by atoms with van der Waals surface area (Å²) in [5, 5.41) is 8.00. The third-order valence-corrected chi connectivity index (χ3v) is 13.9. The average molecular weight is 726 g/mol. The van der Waals surface area contributed by atoms with Crippen LogP contribution in [-0.2, 0) is 11.0 Å². The zero-order valence-corrected chi connectivity index (χ0v) is 31.2. The Bertz CT molecular complexity index is 3040. The Kier molecular flexibility index (Phi) is 8.01. The van der Waals surface area contributed by atoms with Crippen molar-refractivity contribution < 1.29 is 4.57 Å². The van der Waals surface area contributed by atoms with Crippen molar-refractivity contribution in [3.05, 3.63) is 194 Å². The van der Waals surface area contributed by atoms with Crippen LogP contribution in [0, 0.1) is 0 Å². The summed E-state index contributed by atoms with van der Waals surface area (Å²) in [5.74, 6) is 1.02. The van der Waals surface area contributed by atoms with Crippen LogP contribution in [0.4, 0.5) is 0 Å². The van der Waals surface area contributed by atoms with Crippen LogP contribution in [0.3, 0.4) is 0 Å². The second-order valence-electron chi connectivity index (χ2n) is 14.0. The minimum Gasteiger partial charge on any atom is -0.309 e. The minimum absolute atomic E-state index is 0.808. The van der Waals surface area contributed by atoms with E-state index in [-0.39, 0.29) is 0 Å². The topological polar surface area (TPSA) is 47.8 Å². The number of nitrogens with zero attached hydrogens (tertiary/aromatic N) is 3. The van der Waals surface area contributed by atoms with Gasteiger partial charge in [0.25, 0.3) is 0 Å². The van der Waals surface area contributed by atoms with Gasteiger partial charge in [-0.3, -0.25) is 4.57 Å². The number of imidazole rings is 1. The number of pyridine rings is 1. The Hall–Kier alpha value is -6.61. The molecule has 10 aromatic rings. The van der Waals surface area contributed by atoms with Gasteiger partial charge in [0.2, 0.25) is 0 Å². The summed E-state index contributed by atoms with van der Waals surface area (Å²) < 4.78 is 17.3. The fraction of sp³-hybridized carbons (Fsp3) is 0.0400. The number of aromatic nitrogens is 3. The van der Waals surface area contributed by atoms with Crippen molar-refractivity contribution in [3.8, 4) is 28.1 Å². The van der Waals surface area contributed by atoms with E-state index in [0.29, 0.717) is 0 Å². The standard InChI is InChI=1S/C50H36N3OP/c1-2-47-52-50-46(53(47)39-14-6-3-7-15-39)31-30-44-43-20-12-13-21-45(43)51-49(48(44)50)35-24-22-34(23-25-35)36-26-27-38-33-42(29-28-37(38)32-36)55(54,40-16-8-4-9-17-40)41-18-10-5-11-19-41/h3-33H,2H2,1H3. The van der Waals surface area contributed by atoms with Gasteiger partial charge < -0.3 is 4.57 Å². The summed E-state index contributed by atoms with van der Waals surface area (Å²) in [6.45, 7) is 2.16. The Morgan fingerprint density at radius 2 is 1.11 bits per heavy atom. The fourth-order valence-corrected chi connectivity index (χ4v) is 10.8. The van der Waals surface area contributed by atoms with Crippen molar-refractivity contribution in [2.24, 2.45) is 0 Å². The molecule has 0 atom stereocenters. The number of rotatable bonds is 7. The molecule has 0 aliphatic carbocycles. The number of fused-ring (bicyclic) bond motifs is 6. The van der Waals surface area contributed by atoms with Gasteiger partial charge in [0, 0.05) is 44.4 Å². The molecule has 0 N–H and O–H groups in total. The maximum absolute atomic E-state index is 15.0. The molecular formula is C50H36N3OP. The first-order valence-corrected chi connectivity index (χ1v) is 20.5. The SMILES string of the molecule is CCc1nc2c3c(-c4ccc(-c5ccc6cc(P(=O)(c7ccccc7)c7ccccc7)ccc6c5)cc4)nc4ccccc4c3ccc2n1-c1ccccc1. The normalized spacial score (nSPS) is 11.9. The van der Waals surface area contributed by atoms with Gasteiger partial charge in [-0.05, 0) is 63.7 Å². The van der Waals surface area contributed by atoms with Crippen LogP contribution in [0.2, 0.25) is 0 Å². The summed E-state index contributed by atoms with van der Waals surface area (Å²) in [6.07, 6.45) is 0.808. The number of hydrogen-bond donors (Lipinski definition) is 0. The molecule has 0 amide bonds. The lowest BCUT2D eigenvalue weighted by Gasteiger charge is -2.20. The molecule has 0 unspecified atom stereocenters. The first kappa shape index (κ1) is 33.0. The highest BCUT2D eigenvalue weighted by atomic mass is 31.2.